The van der Waals surface area contributed by atoms with Crippen molar-refractivity contribution in [1.82, 2.24) is 4.98 Å². The standard InChI is InChI=1S/C20H15F2N3O/c21-16-6-7-17(22)15(8-16)12-25-18-9-14(13-4-2-1-3-5-13)10-23-20(18)24-11-19(25)26/h1-10H,11-12H2,(H,23,24). The summed E-state index contributed by atoms with van der Waals surface area (Å²) in [7, 11) is 0. The second kappa shape index (κ2) is 6.55. The maximum absolute atomic E-state index is 14.0. The number of aromatic nitrogens is 1. The van der Waals surface area contributed by atoms with E-state index in [1.165, 1.54) is 4.90 Å². The molecule has 4 nitrogen and oxygen atoms in total. The first-order chi connectivity index (χ1) is 12.6. The highest BCUT2D eigenvalue weighted by atomic mass is 19.1. The molecular weight excluding hydrogens is 336 g/mol. The van der Waals surface area contributed by atoms with Gasteiger partial charge in [0.25, 0.3) is 0 Å². The van der Waals surface area contributed by atoms with E-state index in [0.717, 1.165) is 29.3 Å². The Morgan fingerprint density at radius 1 is 1.04 bits per heavy atom. The summed E-state index contributed by atoms with van der Waals surface area (Å²) in [5.41, 5.74) is 2.46. The lowest BCUT2D eigenvalue weighted by molar-refractivity contribution is -0.117. The third-order valence-electron chi connectivity index (χ3n) is 4.31. The minimum atomic E-state index is -0.550. The number of rotatable bonds is 3. The molecule has 0 bridgehead atoms. The molecule has 6 heteroatoms. The van der Waals surface area contributed by atoms with Gasteiger partial charge in [-0.05, 0) is 29.8 Å². The lowest BCUT2D eigenvalue weighted by Crippen LogP contribution is -2.40. The van der Waals surface area contributed by atoms with E-state index < -0.39 is 11.6 Å². The number of hydrogen-bond donors (Lipinski definition) is 1. The van der Waals surface area contributed by atoms with Crippen LogP contribution in [0.15, 0.2) is 60.8 Å². The van der Waals surface area contributed by atoms with Crippen LogP contribution in [0.25, 0.3) is 11.1 Å². The normalized spacial score (nSPS) is 13.3. The first kappa shape index (κ1) is 16.2. The Labute approximate surface area is 149 Å². The fourth-order valence-electron chi connectivity index (χ4n) is 2.98. The summed E-state index contributed by atoms with van der Waals surface area (Å²) in [6.45, 7) is -0.00134. The molecule has 0 fully saturated rings. The molecule has 1 aliphatic rings. The molecule has 0 spiro atoms. The minimum Gasteiger partial charge on any atom is -0.359 e. The molecule has 0 saturated heterocycles. The SMILES string of the molecule is O=C1CNc2ncc(-c3ccccc3)cc2N1Cc1cc(F)ccc1F. The van der Waals surface area contributed by atoms with E-state index in [2.05, 4.69) is 10.3 Å². The molecule has 1 aromatic heterocycles. The van der Waals surface area contributed by atoms with Gasteiger partial charge in [0, 0.05) is 17.3 Å². The Bertz CT molecular complexity index is 976. The quantitative estimate of drug-likeness (QED) is 0.776. The molecule has 26 heavy (non-hydrogen) atoms. The van der Waals surface area contributed by atoms with Crippen LogP contribution in [0, 0.1) is 11.6 Å². The van der Waals surface area contributed by atoms with Crippen molar-refractivity contribution in [2.75, 3.05) is 16.8 Å². The second-order valence-electron chi connectivity index (χ2n) is 6.03. The Hall–Kier alpha value is -3.28. The third-order valence-corrected chi connectivity index (χ3v) is 4.31. The van der Waals surface area contributed by atoms with Crippen molar-refractivity contribution in [1.29, 1.82) is 0 Å². The molecule has 1 aliphatic heterocycles. The molecule has 0 saturated carbocycles. The number of fused-ring (bicyclic) bond motifs is 1. The first-order valence-corrected chi connectivity index (χ1v) is 8.15. The Balaban J connectivity index is 1.75. The summed E-state index contributed by atoms with van der Waals surface area (Å²) in [5, 5.41) is 2.96. The van der Waals surface area contributed by atoms with Crippen molar-refractivity contribution in [2.24, 2.45) is 0 Å². The zero-order valence-electron chi connectivity index (χ0n) is 13.7. The minimum absolute atomic E-state index is 0.0572. The summed E-state index contributed by atoms with van der Waals surface area (Å²) in [6.07, 6.45) is 1.72. The topological polar surface area (TPSA) is 45.2 Å². The lowest BCUT2D eigenvalue weighted by Gasteiger charge is -2.30. The van der Waals surface area contributed by atoms with E-state index in [1.807, 2.05) is 36.4 Å². The van der Waals surface area contributed by atoms with Gasteiger partial charge in [0.1, 0.15) is 11.6 Å². The van der Waals surface area contributed by atoms with Crippen LogP contribution in [0.1, 0.15) is 5.56 Å². The highest BCUT2D eigenvalue weighted by molar-refractivity contribution is 6.02. The zero-order chi connectivity index (χ0) is 18.1. The largest absolute Gasteiger partial charge is 0.359 e. The van der Waals surface area contributed by atoms with Gasteiger partial charge in [-0.15, -0.1) is 0 Å². The van der Waals surface area contributed by atoms with Crippen molar-refractivity contribution in [3.8, 4) is 11.1 Å². The average molecular weight is 351 g/mol. The van der Waals surface area contributed by atoms with Crippen molar-refractivity contribution < 1.29 is 13.6 Å². The van der Waals surface area contributed by atoms with E-state index >= 15 is 0 Å². The number of nitrogens with one attached hydrogen (secondary N) is 1. The van der Waals surface area contributed by atoms with E-state index in [-0.39, 0.29) is 24.6 Å². The van der Waals surface area contributed by atoms with E-state index in [1.54, 1.807) is 6.20 Å². The highest BCUT2D eigenvalue weighted by Crippen LogP contribution is 2.33. The number of pyridine rings is 1. The molecule has 0 radical (unpaired) electrons. The van der Waals surface area contributed by atoms with Crippen molar-refractivity contribution >= 4 is 17.4 Å². The summed E-state index contributed by atoms with van der Waals surface area (Å²) < 4.78 is 27.5. The number of halogens is 2. The molecule has 0 unspecified atom stereocenters. The summed E-state index contributed by atoms with van der Waals surface area (Å²) in [6, 6.07) is 14.7. The van der Waals surface area contributed by atoms with Gasteiger partial charge in [-0.25, -0.2) is 13.8 Å². The molecular formula is C20H15F2N3O. The Kier molecular flexibility index (Phi) is 4.08. The number of benzene rings is 2. The molecule has 2 heterocycles. The predicted molar refractivity (Wildman–Crippen MR) is 95.7 cm³/mol. The Morgan fingerprint density at radius 3 is 2.65 bits per heavy atom. The van der Waals surface area contributed by atoms with Gasteiger partial charge in [0.05, 0.1) is 18.8 Å². The molecule has 0 aliphatic carbocycles. The van der Waals surface area contributed by atoms with E-state index in [0.29, 0.717) is 11.5 Å². The summed E-state index contributed by atoms with van der Waals surface area (Å²) in [4.78, 5) is 18.2. The molecule has 1 amide bonds. The Morgan fingerprint density at radius 2 is 1.85 bits per heavy atom. The van der Waals surface area contributed by atoms with Gasteiger partial charge in [0.2, 0.25) is 5.91 Å². The molecule has 130 valence electrons. The van der Waals surface area contributed by atoms with Crippen LogP contribution < -0.4 is 10.2 Å². The van der Waals surface area contributed by atoms with Crippen molar-refractivity contribution in [2.45, 2.75) is 6.54 Å². The maximum Gasteiger partial charge on any atom is 0.246 e. The fourth-order valence-corrected chi connectivity index (χ4v) is 2.98. The molecule has 3 aromatic rings. The number of amides is 1. The predicted octanol–water partition coefficient (Wildman–Crippen LogP) is 3.99. The van der Waals surface area contributed by atoms with E-state index in [9.17, 15) is 13.6 Å². The van der Waals surface area contributed by atoms with Gasteiger partial charge >= 0.3 is 0 Å². The van der Waals surface area contributed by atoms with Crippen molar-refractivity contribution in [3.05, 3.63) is 78.0 Å². The van der Waals surface area contributed by atoms with Crippen LogP contribution in [-0.4, -0.2) is 17.4 Å². The van der Waals surface area contributed by atoms with Crippen LogP contribution >= 0.6 is 0 Å². The molecule has 4 rings (SSSR count). The number of carbonyl (C=O) groups is 1. The van der Waals surface area contributed by atoms with Crippen LogP contribution in [-0.2, 0) is 11.3 Å². The number of nitrogens with zero attached hydrogens (tertiary/aromatic N) is 2. The monoisotopic (exact) mass is 351 g/mol. The van der Waals surface area contributed by atoms with Gasteiger partial charge in [-0.3, -0.25) is 4.79 Å². The zero-order valence-corrected chi connectivity index (χ0v) is 13.7. The summed E-state index contributed by atoms with van der Waals surface area (Å²) in [5.74, 6) is -0.777. The third kappa shape index (κ3) is 3.01. The fraction of sp³-hybridized carbons (Fsp3) is 0.100. The van der Waals surface area contributed by atoms with Gasteiger partial charge < -0.3 is 10.2 Å². The molecule has 2 aromatic carbocycles. The first-order valence-electron chi connectivity index (χ1n) is 8.15. The average Bonchev–Trinajstić information content (AvgIpc) is 2.67. The molecule has 0 atom stereocenters. The van der Waals surface area contributed by atoms with Crippen molar-refractivity contribution in [3.63, 3.8) is 0 Å². The van der Waals surface area contributed by atoms with Gasteiger partial charge in [0.15, 0.2) is 5.82 Å². The number of carbonyl (C=O) groups excluding carboxylic acids is 1. The lowest BCUT2D eigenvalue weighted by atomic mass is 10.1. The number of hydrogen-bond acceptors (Lipinski definition) is 3. The smallest absolute Gasteiger partial charge is 0.246 e. The summed E-state index contributed by atoms with van der Waals surface area (Å²) >= 11 is 0. The van der Waals surface area contributed by atoms with Crippen LogP contribution in [0.2, 0.25) is 0 Å². The molecule has 1 N–H and O–H groups in total. The maximum atomic E-state index is 14.0. The van der Waals surface area contributed by atoms with Crippen LogP contribution in [0.4, 0.5) is 20.3 Å². The highest BCUT2D eigenvalue weighted by Gasteiger charge is 2.26. The van der Waals surface area contributed by atoms with Crippen LogP contribution in [0.5, 0.6) is 0 Å². The van der Waals surface area contributed by atoms with E-state index in [4.69, 9.17) is 0 Å². The number of anilines is 2. The second-order valence-corrected chi connectivity index (χ2v) is 6.03. The van der Waals surface area contributed by atoms with Gasteiger partial charge in [-0.2, -0.15) is 0 Å². The van der Waals surface area contributed by atoms with Crippen LogP contribution in [0.3, 0.4) is 0 Å². The van der Waals surface area contributed by atoms with Gasteiger partial charge in [-0.1, -0.05) is 30.3 Å².